The summed E-state index contributed by atoms with van der Waals surface area (Å²) in [4.78, 5) is 10.2. The molecule has 2 aromatic rings. The van der Waals surface area contributed by atoms with Gasteiger partial charge in [0.25, 0.3) is 0 Å². The molecule has 2 aromatic heterocycles. The third-order valence-electron chi connectivity index (χ3n) is 2.87. The molecule has 0 amide bonds. The summed E-state index contributed by atoms with van der Waals surface area (Å²) in [7, 11) is 0. The van der Waals surface area contributed by atoms with Crippen LogP contribution in [0.5, 0.6) is 0 Å². The van der Waals surface area contributed by atoms with Gasteiger partial charge in [0.2, 0.25) is 0 Å². The fourth-order valence-electron chi connectivity index (χ4n) is 1.84. The third-order valence-corrected chi connectivity index (χ3v) is 4.56. The lowest BCUT2D eigenvalue weighted by atomic mass is 10.1. The van der Waals surface area contributed by atoms with Gasteiger partial charge in [-0.2, -0.15) is 0 Å². The molecule has 0 spiro atoms. The molecule has 2 N–H and O–H groups in total. The van der Waals surface area contributed by atoms with Gasteiger partial charge in [0.1, 0.15) is 0 Å². The van der Waals surface area contributed by atoms with Gasteiger partial charge in [-0.25, -0.2) is 9.97 Å². The molecule has 0 aromatic carbocycles. The highest BCUT2D eigenvalue weighted by atomic mass is 79.9. The molecule has 17 heavy (non-hydrogen) atoms. The van der Waals surface area contributed by atoms with Crippen molar-refractivity contribution in [2.24, 2.45) is 5.73 Å². The first kappa shape index (κ1) is 11.3. The van der Waals surface area contributed by atoms with Crippen LogP contribution in [0.2, 0.25) is 0 Å². The summed E-state index contributed by atoms with van der Waals surface area (Å²) < 4.78 is 1.08. The van der Waals surface area contributed by atoms with Gasteiger partial charge < -0.3 is 5.73 Å². The number of hydrogen-bond acceptors (Lipinski definition) is 4. The summed E-state index contributed by atoms with van der Waals surface area (Å²) >= 11 is 5.11. The highest BCUT2D eigenvalue weighted by Crippen LogP contribution is 2.41. The van der Waals surface area contributed by atoms with Gasteiger partial charge in [0.15, 0.2) is 5.82 Å². The van der Waals surface area contributed by atoms with Crippen molar-refractivity contribution >= 4 is 27.3 Å². The lowest BCUT2D eigenvalue weighted by Gasteiger charge is -2.06. The summed E-state index contributed by atoms with van der Waals surface area (Å²) in [6.45, 7) is 0.528. The maximum Gasteiger partial charge on any atom is 0.169 e. The van der Waals surface area contributed by atoms with Gasteiger partial charge in [-0.1, -0.05) is 0 Å². The third kappa shape index (κ3) is 2.27. The van der Waals surface area contributed by atoms with E-state index in [1.165, 1.54) is 12.8 Å². The molecule has 1 aliphatic rings. The molecule has 0 aliphatic heterocycles. The smallest absolute Gasteiger partial charge is 0.169 e. The van der Waals surface area contributed by atoms with Crippen LogP contribution in [0.4, 0.5) is 0 Å². The molecule has 5 heteroatoms. The van der Waals surface area contributed by atoms with Crippen LogP contribution in [0.25, 0.3) is 10.7 Å². The van der Waals surface area contributed by atoms with Crippen molar-refractivity contribution in [1.82, 2.24) is 9.97 Å². The maximum atomic E-state index is 5.72. The summed E-state index contributed by atoms with van der Waals surface area (Å²) in [5.74, 6) is 1.43. The Morgan fingerprint density at radius 3 is 2.88 bits per heavy atom. The van der Waals surface area contributed by atoms with Gasteiger partial charge >= 0.3 is 0 Å². The fraction of sp³-hybridized carbons (Fsp3) is 0.333. The molecular weight excluding hydrogens is 298 g/mol. The van der Waals surface area contributed by atoms with E-state index < -0.39 is 0 Å². The van der Waals surface area contributed by atoms with Crippen LogP contribution < -0.4 is 5.73 Å². The van der Waals surface area contributed by atoms with Gasteiger partial charge in [-0.15, -0.1) is 11.3 Å². The zero-order valence-electron chi connectivity index (χ0n) is 9.19. The van der Waals surface area contributed by atoms with Gasteiger partial charge in [0, 0.05) is 34.1 Å². The predicted molar refractivity (Wildman–Crippen MR) is 72.9 cm³/mol. The van der Waals surface area contributed by atoms with E-state index in [-0.39, 0.29) is 0 Å². The van der Waals surface area contributed by atoms with Crippen LogP contribution >= 0.6 is 27.3 Å². The molecule has 3 nitrogen and oxygen atoms in total. The van der Waals surface area contributed by atoms with Crippen molar-refractivity contribution in [2.45, 2.75) is 25.3 Å². The van der Waals surface area contributed by atoms with Crippen molar-refractivity contribution < 1.29 is 0 Å². The molecular formula is C12H12BrN3S. The molecule has 0 bridgehead atoms. The first-order chi connectivity index (χ1) is 8.28. The van der Waals surface area contributed by atoms with Crippen molar-refractivity contribution in [3.8, 4) is 10.7 Å². The van der Waals surface area contributed by atoms with E-state index in [4.69, 9.17) is 5.73 Å². The minimum Gasteiger partial charge on any atom is -0.326 e. The Kier molecular flexibility index (Phi) is 2.98. The Bertz CT molecular complexity index is 548. The zero-order chi connectivity index (χ0) is 11.8. The monoisotopic (exact) mass is 309 g/mol. The number of rotatable bonds is 3. The molecule has 0 radical (unpaired) electrons. The molecule has 1 aliphatic carbocycles. The topological polar surface area (TPSA) is 51.8 Å². The summed E-state index contributed by atoms with van der Waals surface area (Å²) in [6, 6.07) is 2.05. The van der Waals surface area contributed by atoms with Crippen LogP contribution in [-0.4, -0.2) is 9.97 Å². The Morgan fingerprint density at radius 2 is 2.29 bits per heavy atom. The molecule has 0 atom stereocenters. The summed E-state index contributed by atoms with van der Waals surface area (Å²) in [6.07, 6.45) is 4.35. The molecule has 1 fully saturated rings. The van der Waals surface area contributed by atoms with E-state index in [0.717, 1.165) is 26.4 Å². The standard InChI is InChI=1S/C12H12BrN3S/c13-9-3-10(17-6-9)12-15-5-8(4-14)11(16-12)7-1-2-7/h3,5-7H,1-2,4,14H2. The number of hydrogen-bond donors (Lipinski definition) is 1. The number of nitrogens with two attached hydrogens (primary N) is 1. The summed E-state index contributed by atoms with van der Waals surface area (Å²) in [5, 5.41) is 2.05. The van der Waals surface area contributed by atoms with Crippen LogP contribution in [0.3, 0.4) is 0 Å². The van der Waals surface area contributed by atoms with E-state index in [1.54, 1.807) is 11.3 Å². The van der Waals surface area contributed by atoms with Gasteiger partial charge in [-0.3, -0.25) is 0 Å². The first-order valence-corrected chi connectivity index (χ1v) is 7.25. The van der Waals surface area contributed by atoms with Crippen LogP contribution in [-0.2, 0) is 6.54 Å². The van der Waals surface area contributed by atoms with Gasteiger partial charge in [0.05, 0.1) is 10.6 Å². The molecule has 0 unspecified atom stereocenters. The minimum absolute atomic E-state index is 0.528. The van der Waals surface area contributed by atoms with E-state index in [2.05, 4.69) is 32.0 Å². The lowest BCUT2D eigenvalue weighted by Crippen LogP contribution is -2.05. The second kappa shape index (κ2) is 4.48. The van der Waals surface area contributed by atoms with E-state index in [9.17, 15) is 0 Å². The quantitative estimate of drug-likeness (QED) is 0.946. The second-order valence-electron chi connectivity index (χ2n) is 4.21. The highest BCUT2D eigenvalue weighted by Gasteiger charge is 2.28. The Hall–Kier alpha value is -0.780. The number of thiophene rings is 1. The lowest BCUT2D eigenvalue weighted by molar-refractivity contribution is 0.912. The summed E-state index contributed by atoms with van der Waals surface area (Å²) in [5.41, 5.74) is 7.97. The first-order valence-electron chi connectivity index (χ1n) is 5.58. The zero-order valence-corrected chi connectivity index (χ0v) is 11.6. The molecule has 88 valence electrons. The normalized spacial score (nSPS) is 15.2. The highest BCUT2D eigenvalue weighted by molar-refractivity contribution is 9.10. The number of halogens is 1. The predicted octanol–water partition coefficient (Wildman–Crippen LogP) is 3.30. The number of aromatic nitrogens is 2. The number of nitrogens with zero attached hydrogens (tertiary/aromatic N) is 2. The van der Waals surface area contributed by atoms with Crippen molar-refractivity contribution in [3.63, 3.8) is 0 Å². The van der Waals surface area contributed by atoms with Crippen LogP contribution in [0.1, 0.15) is 30.0 Å². The van der Waals surface area contributed by atoms with E-state index in [0.29, 0.717) is 12.5 Å². The van der Waals surface area contributed by atoms with E-state index >= 15 is 0 Å². The van der Waals surface area contributed by atoms with E-state index in [1.807, 2.05) is 11.6 Å². The molecule has 1 saturated carbocycles. The van der Waals surface area contributed by atoms with Crippen molar-refractivity contribution in [3.05, 3.63) is 33.4 Å². The van der Waals surface area contributed by atoms with Crippen molar-refractivity contribution in [2.75, 3.05) is 0 Å². The average molecular weight is 310 g/mol. The largest absolute Gasteiger partial charge is 0.326 e. The maximum absolute atomic E-state index is 5.72. The molecule has 2 heterocycles. The molecule has 0 saturated heterocycles. The SMILES string of the molecule is NCc1cnc(-c2cc(Br)cs2)nc1C1CC1. The van der Waals surface area contributed by atoms with Crippen molar-refractivity contribution in [1.29, 1.82) is 0 Å². The fourth-order valence-corrected chi connectivity index (χ4v) is 3.20. The Balaban J connectivity index is 2.03. The Labute approximate surface area is 112 Å². The van der Waals surface area contributed by atoms with Crippen LogP contribution in [0.15, 0.2) is 22.1 Å². The minimum atomic E-state index is 0.528. The van der Waals surface area contributed by atoms with Crippen LogP contribution in [0, 0.1) is 0 Å². The average Bonchev–Trinajstić information content (AvgIpc) is 3.11. The molecule has 3 rings (SSSR count). The second-order valence-corrected chi connectivity index (χ2v) is 6.04. The Morgan fingerprint density at radius 1 is 1.47 bits per heavy atom. The van der Waals surface area contributed by atoms with Gasteiger partial charge in [-0.05, 0) is 34.8 Å².